The Morgan fingerprint density at radius 1 is 1.43 bits per heavy atom. The minimum absolute atomic E-state index is 0.0783. The summed E-state index contributed by atoms with van der Waals surface area (Å²) in [5.41, 5.74) is 1.61. The number of rotatable bonds is 2. The summed E-state index contributed by atoms with van der Waals surface area (Å²) in [6.07, 6.45) is 1.32. The second-order valence-corrected chi connectivity index (χ2v) is 5.67. The number of carbonyl (C=O) groups is 1. The van der Waals surface area contributed by atoms with E-state index in [9.17, 15) is 9.59 Å². The summed E-state index contributed by atoms with van der Waals surface area (Å²) in [6, 6.07) is 1.42. The van der Waals surface area contributed by atoms with Crippen LogP contribution in [0.15, 0.2) is 17.1 Å². The average molecular weight is 317 g/mol. The summed E-state index contributed by atoms with van der Waals surface area (Å²) in [4.78, 5) is 32.9. The summed E-state index contributed by atoms with van der Waals surface area (Å²) < 4.78 is 7.32. The highest BCUT2D eigenvalue weighted by Gasteiger charge is 2.28. The van der Waals surface area contributed by atoms with Gasteiger partial charge in [0, 0.05) is 25.9 Å². The summed E-state index contributed by atoms with van der Waals surface area (Å²) >= 11 is 0. The summed E-state index contributed by atoms with van der Waals surface area (Å²) in [5, 5.41) is 4.21. The van der Waals surface area contributed by atoms with E-state index >= 15 is 0 Å². The van der Waals surface area contributed by atoms with Gasteiger partial charge in [-0.1, -0.05) is 0 Å². The molecule has 122 valence electrons. The van der Waals surface area contributed by atoms with Crippen molar-refractivity contribution in [2.75, 3.05) is 19.7 Å². The molecule has 2 aromatic heterocycles. The quantitative estimate of drug-likeness (QED) is 0.862. The van der Waals surface area contributed by atoms with Gasteiger partial charge in [-0.05, 0) is 13.8 Å². The number of nitrogens with one attached hydrogen (secondary N) is 1. The maximum Gasteiger partial charge on any atom is 0.257 e. The Morgan fingerprint density at radius 2 is 2.22 bits per heavy atom. The Morgan fingerprint density at radius 3 is 2.87 bits per heavy atom. The van der Waals surface area contributed by atoms with Crippen molar-refractivity contribution in [1.29, 1.82) is 0 Å². The van der Waals surface area contributed by atoms with Gasteiger partial charge in [0.25, 0.3) is 11.5 Å². The summed E-state index contributed by atoms with van der Waals surface area (Å²) in [5.74, 6) is 0.452. The van der Waals surface area contributed by atoms with Gasteiger partial charge in [-0.3, -0.25) is 14.3 Å². The van der Waals surface area contributed by atoms with Crippen LogP contribution in [0.2, 0.25) is 0 Å². The van der Waals surface area contributed by atoms with Crippen LogP contribution in [0.5, 0.6) is 0 Å². The van der Waals surface area contributed by atoms with Crippen molar-refractivity contribution in [3.63, 3.8) is 0 Å². The number of aromatic nitrogens is 4. The number of amides is 1. The molecule has 0 aliphatic carbocycles. The molecule has 1 N–H and O–H groups in total. The lowest BCUT2D eigenvalue weighted by Gasteiger charge is -2.32. The number of hydrogen-bond donors (Lipinski definition) is 1. The molecule has 0 saturated carbocycles. The van der Waals surface area contributed by atoms with E-state index in [4.69, 9.17) is 4.74 Å². The number of carbonyl (C=O) groups excluding carboxylic acids is 1. The van der Waals surface area contributed by atoms with Crippen LogP contribution in [0.1, 0.15) is 33.7 Å². The molecule has 0 spiro atoms. The van der Waals surface area contributed by atoms with Crippen LogP contribution >= 0.6 is 0 Å². The fourth-order valence-corrected chi connectivity index (χ4v) is 2.76. The number of aryl methyl sites for hydroxylation is 3. The third kappa shape index (κ3) is 3.16. The number of hydrogen-bond acceptors (Lipinski definition) is 5. The molecular weight excluding hydrogens is 298 g/mol. The molecule has 1 aliphatic rings. The number of nitrogens with zero attached hydrogens (tertiary/aromatic N) is 4. The number of ether oxygens (including phenoxy) is 1. The molecule has 8 nitrogen and oxygen atoms in total. The van der Waals surface area contributed by atoms with Gasteiger partial charge >= 0.3 is 0 Å². The van der Waals surface area contributed by atoms with Crippen molar-refractivity contribution in [2.24, 2.45) is 7.05 Å². The predicted molar refractivity (Wildman–Crippen MR) is 82.1 cm³/mol. The molecule has 0 unspecified atom stereocenters. The topological polar surface area (TPSA) is 93.1 Å². The van der Waals surface area contributed by atoms with Gasteiger partial charge in [-0.15, -0.1) is 0 Å². The summed E-state index contributed by atoms with van der Waals surface area (Å²) in [6.45, 7) is 4.81. The fraction of sp³-hybridized carbons (Fsp3) is 0.467. The van der Waals surface area contributed by atoms with Crippen LogP contribution in [0.3, 0.4) is 0 Å². The average Bonchev–Trinajstić information content (AvgIpc) is 2.84. The Hall–Kier alpha value is -2.48. The molecule has 1 aliphatic heterocycles. The van der Waals surface area contributed by atoms with Crippen LogP contribution in [0.25, 0.3) is 0 Å². The second kappa shape index (κ2) is 5.96. The van der Waals surface area contributed by atoms with Crippen LogP contribution in [0, 0.1) is 13.8 Å². The lowest BCUT2D eigenvalue weighted by atomic mass is 10.1. The molecule has 2 aromatic rings. The highest BCUT2D eigenvalue weighted by molar-refractivity contribution is 5.95. The second-order valence-electron chi connectivity index (χ2n) is 5.67. The number of H-pyrrole nitrogens is 1. The Kier molecular flexibility index (Phi) is 3.99. The molecule has 0 bridgehead atoms. The van der Waals surface area contributed by atoms with Gasteiger partial charge in [-0.25, -0.2) is 4.98 Å². The maximum absolute atomic E-state index is 12.7. The van der Waals surface area contributed by atoms with E-state index in [2.05, 4.69) is 15.1 Å². The molecule has 1 atom stereocenters. The van der Waals surface area contributed by atoms with E-state index in [0.29, 0.717) is 42.5 Å². The maximum atomic E-state index is 12.7. The predicted octanol–water partition coefficient (Wildman–Crippen LogP) is 0.334. The van der Waals surface area contributed by atoms with Gasteiger partial charge in [0.2, 0.25) is 0 Å². The third-order valence-electron chi connectivity index (χ3n) is 3.81. The third-order valence-corrected chi connectivity index (χ3v) is 3.81. The van der Waals surface area contributed by atoms with E-state index < -0.39 is 6.10 Å². The van der Waals surface area contributed by atoms with Crippen molar-refractivity contribution in [3.05, 3.63) is 45.4 Å². The molecule has 0 aromatic carbocycles. The monoisotopic (exact) mass is 317 g/mol. The molecule has 8 heteroatoms. The number of morpholine rings is 1. The smallest absolute Gasteiger partial charge is 0.257 e. The lowest BCUT2D eigenvalue weighted by molar-refractivity contribution is -0.0249. The van der Waals surface area contributed by atoms with Crippen LogP contribution in [-0.4, -0.2) is 50.3 Å². The molecular formula is C15H19N5O3. The molecule has 23 heavy (non-hydrogen) atoms. The highest BCUT2D eigenvalue weighted by Crippen LogP contribution is 2.21. The molecule has 3 rings (SSSR count). The van der Waals surface area contributed by atoms with Crippen LogP contribution in [0.4, 0.5) is 0 Å². The van der Waals surface area contributed by atoms with Crippen LogP contribution < -0.4 is 5.56 Å². The van der Waals surface area contributed by atoms with Crippen molar-refractivity contribution in [1.82, 2.24) is 24.6 Å². The zero-order chi connectivity index (χ0) is 16.6. The lowest BCUT2D eigenvalue weighted by Crippen LogP contribution is -2.42. The minimum Gasteiger partial charge on any atom is -0.368 e. The first-order valence-corrected chi connectivity index (χ1v) is 7.43. The Balaban J connectivity index is 1.82. The van der Waals surface area contributed by atoms with Crippen molar-refractivity contribution < 1.29 is 9.53 Å². The van der Waals surface area contributed by atoms with Gasteiger partial charge in [0.05, 0.1) is 30.1 Å². The van der Waals surface area contributed by atoms with Gasteiger partial charge in [0.1, 0.15) is 11.9 Å². The van der Waals surface area contributed by atoms with Crippen molar-refractivity contribution in [3.8, 4) is 0 Å². The molecule has 1 amide bonds. The zero-order valence-corrected chi connectivity index (χ0v) is 13.4. The summed E-state index contributed by atoms with van der Waals surface area (Å²) in [7, 11) is 1.79. The SMILES string of the molecule is Cc1nc([C@H]2CN(C(=O)c3cn(C)nc3C)CCO2)cc(=O)[nH]1. The fourth-order valence-electron chi connectivity index (χ4n) is 2.76. The van der Waals surface area contributed by atoms with E-state index in [1.54, 1.807) is 29.7 Å². The van der Waals surface area contributed by atoms with E-state index in [1.165, 1.54) is 6.07 Å². The van der Waals surface area contributed by atoms with Crippen molar-refractivity contribution >= 4 is 5.91 Å². The largest absolute Gasteiger partial charge is 0.368 e. The van der Waals surface area contributed by atoms with E-state index in [1.807, 2.05) is 6.92 Å². The minimum atomic E-state index is -0.398. The normalized spacial score (nSPS) is 18.2. The molecule has 3 heterocycles. The highest BCUT2D eigenvalue weighted by atomic mass is 16.5. The molecule has 1 fully saturated rings. The standard InChI is InChI=1S/C15H19N5O3/c1-9-11(7-19(3)18-9)15(22)20-4-5-23-13(8-20)12-6-14(21)17-10(2)16-12/h6-7,13H,4-5,8H2,1-3H3,(H,16,17,21)/t13-/m1/s1. The van der Waals surface area contributed by atoms with E-state index in [-0.39, 0.29) is 11.5 Å². The molecule has 1 saturated heterocycles. The Labute approximate surface area is 133 Å². The van der Waals surface area contributed by atoms with Gasteiger partial charge < -0.3 is 14.6 Å². The molecule has 0 radical (unpaired) electrons. The van der Waals surface area contributed by atoms with Crippen molar-refractivity contribution in [2.45, 2.75) is 20.0 Å². The zero-order valence-electron chi connectivity index (χ0n) is 13.4. The van der Waals surface area contributed by atoms with E-state index in [0.717, 1.165) is 0 Å². The van der Waals surface area contributed by atoms with Gasteiger partial charge in [0.15, 0.2) is 0 Å². The number of aromatic amines is 1. The Bertz CT molecular complexity index is 795. The first-order chi connectivity index (χ1) is 10.9. The first-order valence-electron chi connectivity index (χ1n) is 7.43. The first kappa shape index (κ1) is 15.4. The van der Waals surface area contributed by atoms with Crippen LogP contribution in [-0.2, 0) is 11.8 Å². The van der Waals surface area contributed by atoms with Gasteiger partial charge in [-0.2, -0.15) is 5.10 Å².